The van der Waals surface area contributed by atoms with Gasteiger partial charge in [-0.15, -0.1) is 22.7 Å². The van der Waals surface area contributed by atoms with Crippen molar-refractivity contribution in [2.24, 2.45) is 0 Å². The Morgan fingerprint density at radius 1 is 0.491 bits per heavy atom. The quantitative estimate of drug-likeness (QED) is 0.180. The lowest BCUT2D eigenvalue weighted by atomic mass is 9.93. The molecule has 12 rings (SSSR count). The van der Waals surface area contributed by atoms with Crippen molar-refractivity contribution >= 4 is 112 Å². The summed E-state index contributed by atoms with van der Waals surface area (Å²) in [6.07, 6.45) is 11.3. The van der Waals surface area contributed by atoms with Crippen molar-refractivity contribution in [3.05, 3.63) is 174 Å². The smallest absolute Gasteiger partial charge is 0.101 e. The molecule has 1 aliphatic rings. The Bertz CT molecular complexity index is 3530. The Hall–Kier alpha value is -7.22. The Balaban J connectivity index is 1.29. The molecule has 0 saturated carbocycles. The van der Waals surface area contributed by atoms with Gasteiger partial charge in [0.15, 0.2) is 0 Å². The second-order valence-electron chi connectivity index (χ2n) is 14.5. The SMILES string of the molecule is N#Cc1cc(C#N)c(-n2c3ccccc3c3c4sc5ccccc5c4ccc32)c(C2=CCC=CC=C2)c1-n1c2ccccc2c2c3sc4ccccc4c3ccc21. The second kappa shape index (κ2) is 12.1. The predicted octanol–water partition coefficient (Wildman–Crippen LogP) is 14.3. The van der Waals surface area contributed by atoms with Gasteiger partial charge in [0.25, 0.3) is 0 Å². The number of benzene rings is 7. The number of fused-ring (bicyclic) bond motifs is 14. The molecule has 0 radical (unpaired) electrons. The monoisotopic (exact) mass is 760 g/mol. The third kappa shape index (κ3) is 4.40. The Labute approximate surface area is 334 Å². The van der Waals surface area contributed by atoms with Crippen LogP contribution in [-0.4, -0.2) is 9.13 Å². The summed E-state index contributed by atoms with van der Waals surface area (Å²) in [4.78, 5) is 0. The van der Waals surface area contributed by atoms with Gasteiger partial charge in [-0.25, -0.2) is 0 Å². The van der Waals surface area contributed by atoms with Crippen LogP contribution in [0.1, 0.15) is 23.1 Å². The first kappa shape index (κ1) is 32.1. The van der Waals surface area contributed by atoms with E-state index >= 15 is 0 Å². The molecule has 0 saturated heterocycles. The maximum atomic E-state index is 11.2. The van der Waals surface area contributed by atoms with Gasteiger partial charge in [-0.2, -0.15) is 10.5 Å². The molecule has 4 aromatic heterocycles. The van der Waals surface area contributed by atoms with Gasteiger partial charge >= 0.3 is 0 Å². The molecule has 264 valence electrons. The van der Waals surface area contributed by atoms with E-state index in [1.54, 1.807) is 0 Å². The van der Waals surface area contributed by atoms with Crippen LogP contribution in [0.3, 0.4) is 0 Å². The zero-order chi connectivity index (χ0) is 37.8. The average Bonchev–Trinajstić information content (AvgIpc) is 3.95. The molecule has 1 aliphatic carbocycles. The number of allylic oxidation sites excluding steroid dienone is 6. The van der Waals surface area contributed by atoms with Gasteiger partial charge in [0.2, 0.25) is 0 Å². The summed E-state index contributed by atoms with van der Waals surface area (Å²) < 4.78 is 9.53. The molecule has 0 spiro atoms. The fourth-order valence-corrected chi connectivity index (χ4v) is 11.8. The van der Waals surface area contributed by atoms with Gasteiger partial charge in [0.05, 0.1) is 44.6 Å². The molecule has 0 atom stereocenters. The minimum Gasteiger partial charge on any atom is -0.307 e. The van der Waals surface area contributed by atoms with Crippen LogP contribution in [-0.2, 0) is 0 Å². The van der Waals surface area contributed by atoms with Crippen molar-refractivity contribution < 1.29 is 0 Å². The molecule has 0 amide bonds. The summed E-state index contributed by atoms with van der Waals surface area (Å²) in [6.45, 7) is 0. The summed E-state index contributed by atoms with van der Waals surface area (Å²) in [5.74, 6) is 0. The van der Waals surface area contributed by atoms with Crippen LogP contribution in [0.4, 0.5) is 0 Å². The van der Waals surface area contributed by atoms with Crippen molar-refractivity contribution in [1.29, 1.82) is 10.5 Å². The molecule has 4 heterocycles. The molecule has 7 aromatic carbocycles. The standard InChI is InChI=1S/C51H28N4S2/c52-28-31-27-32(29-53)49(55-40-20-10-6-18-38(40)47-42(55)26-24-36-34-16-8-12-22-44(34)57-51(36)47)45(30-13-3-1-2-4-14-30)48(31)54-39-19-9-5-17-37(39)46-41(54)25-23-35-33-15-7-11-21-43(33)56-50(35)46/h1-3,5-27H,4H2. The van der Waals surface area contributed by atoms with E-state index in [1.807, 2.05) is 28.7 Å². The highest BCUT2D eigenvalue weighted by molar-refractivity contribution is 7.27. The van der Waals surface area contributed by atoms with Crippen molar-refractivity contribution in [2.45, 2.75) is 6.42 Å². The number of aromatic nitrogens is 2. The molecule has 4 nitrogen and oxygen atoms in total. The second-order valence-corrected chi connectivity index (χ2v) is 16.6. The zero-order valence-electron chi connectivity index (χ0n) is 30.3. The predicted molar refractivity (Wildman–Crippen MR) is 241 cm³/mol. The number of rotatable bonds is 3. The number of para-hydroxylation sites is 2. The lowest BCUT2D eigenvalue weighted by molar-refractivity contribution is 1.10. The summed E-state index contributed by atoms with van der Waals surface area (Å²) >= 11 is 3.63. The van der Waals surface area contributed by atoms with E-state index < -0.39 is 0 Å². The molecule has 0 fully saturated rings. The largest absolute Gasteiger partial charge is 0.307 e. The topological polar surface area (TPSA) is 57.4 Å². The first-order valence-electron chi connectivity index (χ1n) is 19.0. The molecule has 0 bridgehead atoms. The molecule has 0 N–H and O–H groups in total. The Morgan fingerprint density at radius 3 is 1.51 bits per heavy atom. The lowest BCUT2D eigenvalue weighted by Crippen LogP contribution is -2.10. The average molecular weight is 761 g/mol. The highest BCUT2D eigenvalue weighted by Gasteiger charge is 2.29. The van der Waals surface area contributed by atoms with Gasteiger partial charge in [-0.3, -0.25) is 0 Å². The molecular formula is C51H28N4S2. The van der Waals surface area contributed by atoms with Crippen molar-refractivity contribution in [2.75, 3.05) is 0 Å². The first-order valence-corrected chi connectivity index (χ1v) is 20.6. The van der Waals surface area contributed by atoms with Gasteiger partial charge in [-0.1, -0.05) is 115 Å². The van der Waals surface area contributed by atoms with Crippen molar-refractivity contribution in [1.82, 2.24) is 9.13 Å². The summed E-state index contributed by atoms with van der Waals surface area (Å²) in [5, 5.41) is 31.8. The number of nitrogens with zero attached hydrogens (tertiary/aromatic N) is 4. The maximum Gasteiger partial charge on any atom is 0.101 e. The number of thiophene rings is 2. The first-order chi connectivity index (χ1) is 28.2. The molecule has 57 heavy (non-hydrogen) atoms. The minimum atomic E-state index is 0.448. The van der Waals surface area contributed by atoms with Gasteiger partial charge < -0.3 is 9.13 Å². The van der Waals surface area contributed by atoms with E-state index in [0.717, 1.165) is 55.4 Å². The van der Waals surface area contributed by atoms with E-state index in [1.165, 1.54) is 51.1 Å². The van der Waals surface area contributed by atoms with Crippen LogP contribution in [0.15, 0.2) is 158 Å². The number of hydrogen-bond donors (Lipinski definition) is 0. The molecule has 0 unspecified atom stereocenters. The van der Waals surface area contributed by atoms with E-state index in [9.17, 15) is 10.5 Å². The minimum absolute atomic E-state index is 0.448. The normalized spacial score (nSPS) is 13.1. The van der Waals surface area contributed by atoms with E-state index in [4.69, 9.17) is 0 Å². The third-order valence-corrected chi connectivity index (χ3v) is 14.0. The fourth-order valence-electron chi connectivity index (χ4n) is 9.29. The van der Waals surface area contributed by atoms with Crippen LogP contribution in [0.5, 0.6) is 0 Å². The maximum absolute atomic E-state index is 11.2. The molecule has 11 aromatic rings. The summed E-state index contributed by atoms with van der Waals surface area (Å²) in [7, 11) is 0. The highest BCUT2D eigenvalue weighted by Crippen LogP contribution is 2.48. The van der Waals surface area contributed by atoms with Crippen LogP contribution in [0.25, 0.3) is 101 Å². The van der Waals surface area contributed by atoms with Crippen LogP contribution in [0, 0.1) is 22.7 Å². The zero-order valence-corrected chi connectivity index (χ0v) is 32.0. The lowest BCUT2D eigenvalue weighted by Gasteiger charge is -2.23. The Morgan fingerprint density at radius 2 is 0.982 bits per heavy atom. The number of hydrogen-bond acceptors (Lipinski definition) is 4. The van der Waals surface area contributed by atoms with Crippen molar-refractivity contribution in [3.63, 3.8) is 0 Å². The molecule has 6 heteroatoms. The van der Waals surface area contributed by atoms with E-state index in [-0.39, 0.29) is 0 Å². The van der Waals surface area contributed by atoms with Crippen LogP contribution >= 0.6 is 22.7 Å². The highest BCUT2D eigenvalue weighted by atomic mass is 32.1. The Kier molecular flexibility index (Phi) is 6.83. The van der Waals surface area contributed by atoms with Crippen molar-refractivity contribution in [3.8, 4) is 23.5 Å². The summed E-state index contributed by atoms with van der Waals surface area (Å²) in [6, 6.07) is 50.2. The molecular weight excluding hydrogens is 733 g/mol. The fraction of sp³-hybridized carbons (Fsp3) is 0.0196. The van der Waals surface area contributed by atoms with Crippen LogP contribution < -0.4 is 0 Å². The van der Waals surface area contributed by atoms with Gasteiger partial charge in [-0.05, 0) is 54.5 Å². The van der Waals surface area contributed by atoms with E-state index in [2.05, 4.69) is 173 Å². The van der Waals surface area contributed by atoms with E-state index in [0.29, 0.717) is 17.5 Å². The van der Waals surface area contributed by atoms with Crippen LogP contribution in [0.2, 0.25) is 0 Å². The third-order valence-electron chi connectivity index (χ3n) is 11.6. The molecule has 0 aliphatic heterocycles. The van der Waals surface area contributed by atoms with Gasteiger partial charge in [0, 0.05) is 67.5 Å². The van der Waals surface area contributed by atoms with Gasteiger partial charge in [0.1, 0.15) is 12.1 Å². The number of nitriles is 2. The summed E-state index contributed by atoms with van der Waals surface area (Å²) in [5.41, 5.74) is 8.31.